The fourth-order valence-corrected chi connectivity index (χ4v) is 2.73. The van der Waals surface area contributed by atoms with Crippen molar-refractivity contribution in [2.45, 2.75) is 45.1 Å². The number of aromatic nitrogens is 4. The molecule has 0 unspecified atom stereocenters. The number of fused-ring (bicyclic) bond motifs is 1. The first-order chi connectivity index (χ1) is 8.70. The van der Waals surface area contributed by atoms with E-state index in [4.69, 9.17) is 0 Å². The molecule has 6 heteroatoms. The van der Waals surface area contributed by atoms with E-state index in [1.54, 1.807) is 4.57 Å². The predicted octanol–water partition coefficient (Wildman–Crippen LogP) is 1.09. The van der Waals surface area contributed by atoms with Crippen LogP contribution in [0.3, 0.4) is 0 Å². The number of H-pyrrole nitrogens is 2. The highest BCUT2D eigenvalue weighted by Crippen LogP contribution is 2.29. The Hall–Kier alpha value is -1.85. The van der Waals surface area contributed by atoms with Gasteiger partial charge in [0.2, 0.25) is 0 Å². The second-order valence-corrected chi connectivity index (χ2v) is 4.80. The van der Waals surface area contributed by atoms with E-state index in [2.05, 4.69) is 15.0 Å². The summed E-state index contributed by atoms with van der Waals surface area (Å²) in [6, 6.07) is 0.171. The molecule has 1 aliphatic rings. The summed E-state index contributed by atoms with van der Waals surface area (Å²) < 4.78 is 1.65. The lowest BCUT2D eigenvalue weighted by Crippen LogP contribution is -2.32. The number of nitrogens with one attached hydrogen (secondary N) is 2. The number of hydrogen-bond acceptors (Lipinski definition) is 3. The summed E-state index contributed by atoms with van der Waals surface area (Å²) in [7, 11) is 0. The van der Waals surface area contributed by atoms with E-state index in [0.717, 1.165) is 31.5 Å². The van der Waals surface area contributed by atoms with Crippen LogP contribution in [0.2, 0.25) is 0 Å². The van der Waals surface area contributed by atoms with Gasteiger partial charge in [0, 0.05) is 12.5 Å². The second-order valence-electron chi connectivity index (χ2n) is 4.80. The zero-order chi connectivity index (χ0) is 12.7. The lowest BCUT2D eigenvalue weighted by atomic mass is 10.2. The summed E-state index contributed by atoms with van der Waals surface area (Å²) in [6.07, 6.45) is 4.93. The number of rotatable bonds is 2. The molecule has 2 aromatic heterocycles. The van der Waals surface area contributed by atoms with E-state index in [9.17, 15) is 9.59 Å². The number of aromatic amines is 2. The SMILES string of the molecule is CCc1nc2c([nH]1)c(=O)[nH]c(=O)n2C1CCCC1. The molecule has 18 heavy (non-hydrogen) atoms. The first-order valence-electron chi connectivity index (χ1n) is 6.44. The molecule has 0 amide bonds. The van der Waals surface area contributed by atoms with Crippen molar-refractivity contribution in [1.82, 2.24) is 19.5 Å². The highest BCUT2D eigenvalue weighted by molar-refractivity contribution is 5.69. The average Bonchev–Trinajstić information content (AvgIpc) is 2.97. The third-order valence-electron chi connectivity index (χ3n) is 3.65. The Bertz CT molecular complexity index is 688. The quantitative estimate of drug-likeness (QED) is 0.834. The number of imidazole rings is 1. The van der Waals surface area contributed by atoms with E-state index in [1.165, 1.54) is 0 Å². The Balaban J connectivity index is 2.31. The molecule has 0 bridgehead atoms. The van der Waals surface area contributed by atoms with Crippen LogP contribution in [-0.2, 0) is 6.42 Å². The molecular formula is C12H16N4O2. The third-order valence-corrected chi connectivity index (χ3v) is 3.65. The molecule has 2 aromatic rings. The summed E-state index contributed by atoms with van der Waals surface area (Å²) in [5.74, 6) is 0.743. The molecule has 1 saturated carbocycles. The normalized spacial score (nSPS) is 16.7. The van der Waals surface area contributed by atoms with Crippen molar-refractivity contribution in [1.29, 1.82) is 0 Å². The molecule has 0 saturated heterocycles. The minimum Gasteiger partial charge on any atom is -0.336 e. The third kappa shape index (κ3) is 1.60. The van der Waals surface area contributed by atoms with Crippen LogP contribution in [0.25, 0.3) is 11.2 Å². The van der Waals surface area contributed by atoms with Gasteiger partial charge in [0.1, 0.15) is 11.3 Å². The smallest absolute Gasteiger partial charge is 0.330 e. The van der Waals surface area contributed by atoms with Crippen LogP contribution >= 0.6 is 0 Å². The number of hydrogen-bond donors (Lipinski definition) is 2. The zero-order valence-corrected chi connectivity index (χ0v) is 10.3. The van der Waals surface area contributed by atoms with Crippen LogP contribution in [0.1, 0.15) is 44.5 Å². The average molecular weight is 248 g/mol. The van der Waals surface area contributed by atoms with Gasteiger partial charge < -0.3 is 4.98 Å². The number of aryl methyl sites for hydroxylation is 1. The number of nitrogens with zero attached hydrogens (tertiary/aromatic N) is 2. The summed E-state index contributed by atoms with van der Waals surface area (Å²) in [5, 5.41) is 0. The first kappa shape index (κ1) is 11.3. The van der Waals surface area contributed by atoms with Crippen molar-refractivity contribution in [2.75, 3.05) is 0 Å². The van der Waals surface area contributed by atoms with E-state index < -0.39 is 0 Å². The minimum atomic E-state index is -0.378. The van der Waals surface area contributed by atoms with Gasteiger partial charge in [-0.15, -0.1) is 0 Å². The van der Waals surface area contributed by atoms with Gasteiger partial charge in [-0.2, -0.15) is 0 Å². The monoisotopic (exact) mass is 248 g/mol. The Labute approximate surface area is 103 Å². The maximum absolute atomic E-state index is 12.0. The molecule has 96 valence electrons. The van der Waals surface area contributed by atoms with E-state index in [0.29, 0.717) is 17.6 Å². The standard InChI is InChI=1S/C12H16N4O2/c1-2-8-13-9-10(14-8)16(7-5-3-4-6-7)12(18)15-11(9)17/h7H,2-6H2,1H3,(H,13,14)(H,15,17,18). The van der Waals surface area contributed by atoms with Crippen molar-refractivity contribution >= 4 is 11.2 Å². The maximum atomic E-state index is 12.0. The Morgan fingerprint density at radius 2 is 2.00 bits per heavy atom. The van der Waals surface area contributed by atoms with Crippen molar-refractivity contribution in [3.05, 3.63) is 26.7 Å². The maximum Gasteiger partial charge on any atom is 0.330 e. The highest BCUT2D eigenvalue weighted by atomic mass is 16.2. The largest absolute Gasteiger partial charge is 0.336 e. The first-order valence-corrected chi connectivity index (χ1v) is 6.44. The lowest BCUT2D eigenvalue weighted by molar-refractivity contribution is 0.505. The Morgan fingerprint density at radius 1 is 1.28 bits per heavy atom. The van der Waals surface area contributed by atoms with Crippen LogP contribution in [0.4, 0.5) is 0 Å². The van der Waals surface area contributed by atoms with Crippen LogP contribution < -0.4 is 11.2 Å². The van der Waals surface area contributed by atoms with Gasteiger partial charge in [-0.3, -0.25) is 14.3 Å². The summed E-state index contributed by atoms with van der Waals surface area (Å²) in [5.41, 5.74) is 0.204. The van der Waals surface area contributed by atoms with Crippen LogP contribution in [0.5, 0.6) is 0 Å². The zero-order valence-electron chi connectivity index (χ0n) is 10.3. The summed E-state index contributed by atoms with van der Waals surface area (Å²) >= 11 is 0. The van der Waals surface area contributed by atoms with Gasteiger partial charge in [-0.05, 0) is 12.8 Å². The van der Waals surface area contributed by atoms with Crippen molar-refractivity contribution in [3.8, 4) is 0 Å². The van der Waals surface area contributed by atoms with E-state index in [1.807, 2.05) is 6.92 Å². The molecule has 2 N–H and O–H groups in total. The molecule has 0 aliphatic heterocycles. The molecular weight excluding hydrogens is 232 g/mol. The van der Waals surface area contributed by atoms with Gasteiger partial charge in [0.25, 0.3) is 5.56 Å². The van der Waals surface area contributed by atoms with Crippen LogP contribution in [0, 0.1) is 0 Å². The fourth-order valence-electron chi connectivity index (χ4n) is 2.73. The fraction of sp³-hybridized carbons (Fsp3) is 0.583. The van der Waals surface area contributed by atoms with E-state index in [-0.39, 0.29) is 17.3 Å². The minimum absolute atomic E-state index is 0.171. The Morgan fingerprint density at radius 3 is 2.67 bits per heavy atom. The van der Waals surface area contributed by atoms with E-state index >= 15 is 0 Å². The van der Waals surface area contributed by atoms with Crippen molar-refractivity contribution in [3.63, 3.8) is 0 Å². The molecule has 1 aliphatic carbocycles. The summed E-state index contributed by atoms with van der Waals surface area (Å²) in [4.78, 5) is 33.5. The summed E-state index contributed by atoms with van der Waals surface area (Å²) in [6.45, 7) is 1.96. The van der Waals surface area contributed by atoms with Crippen molar-refractivity contribution in [2.24, 2.45) is 0 Å². The topological polar surface area (TPSA) is 83.5 Å². The van der Waals surface area contributed by atoms with Crippen LogP contribution in [0.15, 0.2) is 9.59 Å². The molecule has 0 spiro atoms. The molecule has 0 aromatic carbocycles. The Kier molecular flexibility index (Phi) is 2.57. The second kappa shape index (κ2) is 4.12. The van der Waals surface area contributed by atoms with Gasteiger partial charge in [0.05, 0.1) is 0 Å². The molecule has 0 radical (unpaired) electrons. The van der Waals surface area contributed by atoms with Gasteiger partial charge >= 0.3 is 5.69 Å². The lowest BCUT2D eigenvalue weighted by Gasteiger charge is -2.12. The molecule has 1 fully saturated rings. The molecule has 2 heterocycles. The molecule has 6 nitrogen and oxygen atoms in total. The molecule has 3 rings (SSSR count). The predicted molar refractivity (Wildman–Crippen MR) is 67.9 cm³/mol. The van der Waals surface area contributed by atoms with Gasteiger partial charge in [-0.1, -0.05) is 19.8 Å². The highest BCUT2D eigenvalue weighted by Gasteiger charge is 2.22. The van der Waals surface area contributed by atoms with Gasteiger partial charge in [-0.25, -0.2) is 9.78 Å². The van der Waals surface area contributed by atoms with Crippen LogP contribution in [-0.4, -0.2) is 19.5 Å². The van der Waals surface area contributed by atoms with Crippen molar-refractivity contribution < 1.29 is 0 Å². The van der Waals surface area contributed by atoms with Gasteiger partial charge in [0.15, 0.2) is 5.65 Å². The molecule has 0 atom stereocenters.